The molecule has 0 radical (unpaired) electrons. The van der Waals surface area contributed by atoms with Crippen molar-refractivity contribution >= 4 is 23.2 Å². The molecule has 0 spiro atoms. The van der Waals surface area contributed by atoms with Gasteiger partial charge in [0.25, 0.3) is 0 Å². The first-order valence-corrected chi connectivity index (χ1v) is 7.03. The number of benzene rings is 2. The molecule has 0 saturated heterocycles. The molecule has 1 aliphatic heterocycles. The van der Waals surface area contributed by atoms with E-state index in [0.29, 0.717) is 6.61 Å². The molecule has 2 aromatic carbocycles. The van der Waals surface area contributed by atoms with Crippen LogP contribution >= 0.6 is 0 Å². The van der Waals surface area contributed by atoms with E-state index in [1.54, 1.807) is 0 Å². The Hall–Kier alpha value is -2.55. The summed E-state index contributed by atoms with van der Waals surface area (Å²) in [5.41, 5.74) is 4.13. The molecule has 0 saturated carbocycles. The average Bonchev–Trinajstić information content (AvgIpc) is 2.48. The Kier molecular flexibility index (Phi) is 3.73. The van der Waals surface area contributed by atoms with Crippen LogP contribution in [-0.4, -0.2) is 12.5 Å². The highest BCUT2D eigenvalue weighted by Crippen LogP contribution is 2.39. The first-order valence-electron chi connectivity index (χ1n) is 7.03. The van der Waals surface area contributed by atoms with Gasteiger partial charge in [0, 0.05) is 18.9 Å². The Morgan fingerprint density at radius 3 is 2.71 bits per heavy atom. The molecule has 3 heteroatoms. The van der Waals surface area contributed by atoms with Crippen LogP contribution < -0.4 is 10.1 Å². The van der Waals surface area contributed by atoms with Crippen molar-refractivity contribution < 1.29 is 9.53 Å². The second-order valence-electron chi connectivity index (χ2n) is 5.04. The maximum absolute atomic E-state index is 11.4. The van der Waals surface area contributed by atoms with Crippen molar-refractivity contribution in [3.63, 3.8) is 0 Å². The number of hydrogen-bond acceptors (Lipinski definition) is 2. The van der Waals surface area contributed by atoms with Gasteiger partial charge in [0.05, 0.1) is 12.3 Å². The van der Waals surface area contributed by atoms with Crippen LogP contribution in [0.2, 0.25) is 0 Å². The van der Waals surface area contributed by atoms with Crippen molar-refractivity contribution in [1.82, 2.24) is 0 Å². The summed E-state index contributed by atoms with van der Waals surface area (Å²) >= 11 is 0. The second-order valence-corrected chi connectivity index (χ2v) is 5.04. The molecule has 3 nitrogen and oxygen atoms in total. The number of rotatable bonds is 2. The SMILES string of the molecule is CC(=O)Nc1cccc2c1/C(=C/c1ccccc1)CCO2. The van der Waals surface area contributed by atoms with Gasteiger partial charge in [0.1, 0.15) is 5.75 Å². The highest BCUT2D eigenvalue weighted by atomic mass is 16.5. The average molecular weight is 279 g/mol. The zero-order valence-electron chi connectivity index (χ0n) is 11.9. The molecule has 1 amide bonds. The fourth-order valence-electron chi connectivity index (χ4n) is 2.57. The van der Waals surface area contributed by atoms with Gasteiger partial charge >= 0.3 is 0 Å². The van der Waals surface area contributed by atoms with Gasteiger partial charge in [-0.3, -0.25) is 4.79 Å². The van der Waals surface area contributed by atoms with Gasteiger partial charge in [-0.1, -0.05) is 42.5 Å². The van der Waals surface area contributed by atoms with E-state index in [1.807, 2.05) is 36.4 Å². The summed E-state index contributed by atoms with van der Waals surface area (Å²) in [6.45, 7) is 2.18. The maximum Gasteiger partial charge on any atom is 0.221 e. The van der Waals surface area contributed by atoms with Gasteiger partial charge in [-0.2, -0.15) is 0 Å². The van der Waals surface area contributed by atoms with Crippen molar-refractivity contribution in [2.24, 2.45) is 0 Å². The van der Waals surface area contributed by atoms with Gasteiger partial charge in [0.2, 0.25) is 5.91 Å². The number of hydrogen-bond donors (Lipinski definition) is 1. The fraction of sp³-hybridized carbons (Fsp3) is 0.167. The van der Waals surface area contributed by atoms with Gasteiger partial charge in [-0.05, 0) is 23.3 Å². The molecule has 0 aromatic heterocycles. The normalized spacial score (nSPS) is 15.2. The van der Waals surface area contributed by atoms with Crippen molar-refractivity contribution in [2.45, 2.75) is 13.3 Å². The lowest BCUT2D eigenvalue weighted by molar-refractivity contribution is -0.114. The largest absolute Gasteiger partial charge is 0.493 e. The van der Waals surface area contributed by atoms with E-state index in [0.717, 1.165) is 29.0 Å². The molecule has 0 fully saturated rings. The summed E-state index contributed by atoms with van der Waals surface area (Å²) in [5.74, 6) is 0.753. The molecule has 106 valence electrons. The minimum Gasteiger partial charge on any atom is -0.493 e. The molecule has 3 rings (SSSR count). The summed E-state index contributed by atoms with van der Waals surface area (Å²) in [6.07, 6.45) is 2.99. The van der Waals surface area contributed by atoms with E-state index < -0.39 is 0 Å². The summed E-state index contributed by atoms with van der Waals surface area (Å²) in [4.78, 5) is 11.4. The summed E-state index contributed by atoms with van der Waals surface area (Å²) in [7, 11) is 0. The van der Waals surface area contributed by atoms with Crippen LogP contribution in [0.15, 0.2) is 48.5 Å². The smallest absolute Gasteiger partial charge is 0.221 e. The third-order valence-electron chi connectivity index (χ3n) is 3.43. The van der Waals surface area contributed by atoms with Crippen LogP contribution in [0.5, 0.6) is 5.75 Å². The molecule has 2 aromatic rings. The highest BCUT2D eigenvalue weighted by Gasteiger charge is 2.19. The van der Waals surface area contributed by atoms with E-state index in [9.17, 15) is 4.79 Å². The predicted molar refractivity (Wildman–Crippen MR) is 85.2 cm³/mol. The molecular weight excluding hydrogens is 262 g/mol. The topological polar surface area (TPSA) is 38.3 Å². The van der Waals surface area contributed by atoms with E-state index in [1.165, 1.54) is 12.5 Å². The van der Waals surface area contributed by atoms with Crippen LogP contribution in [0.25, 0.3) is 11.6 Å². The summed E-state index contributed by atoms with van der Waals surface area (Å²) < 4.78 is 5.72. The van der Waals surface area contributed by atoms with Crippen molar-refractivity contribution in [2.75, 3.05) is 11.9 Å². The Morgan fingerprint density at radius 1 is 1.14 bits per heavy atom. The standard InChI is InChI=1S/C18H17NO2/c1-13(20)19-16-8-5-9-17-18(16)15(10-11-21-17)12-14-6-3-2-4-7-14/h2-9,12H,10-11H2,1H3,(H,19,20)/b15-12+. The highest BCUT2D eigenvalue weighted by molar-refractivity contribution is 5.97. The molecular formula is C18H17NO2. The molecule has 0 atom stereocenters. The zero-order valence-corrected chi connectivity index (χ0v) is 11.9. The van der Waals surface area contributed by atoms with Crippen LogP contribution in [0.1, 0.15) is 24.5 Å². The quantitative estimate of drug-likeness (QED) is 0.903. The number of carbonyl (C=O) groups excluding carboxylic acids is 1. The first kappa shape index (κ1) is 13.4. The summed E-state index contributed by atoms with van der Waals surface area (Å²) in [6, 6.07) is 15.9. The third kappa shape index (κ3) is 2.97. The van der Waals surface area contributed by atoms with Crippen LogP contribution in [0.3, 0.4) is 0 Å². The lowest BCUT2D eigenvalue weighted by Gasteiger charge is -2.23. The number of fused-ring (bicyclic) bond motifs is 1. The molecule has 0 unspecified atom stereocenters. The lowest BCUT2D eigenvalue weighted by atomic mass is 9.95. The van der Waals surface area contributed by atoms with Crippen molar-refractivity contribution in [3.8, 4) is 5.75 Å². The minimum atomic E-state index is -0.0759. The zero-order chi connectivity index (χ0) is 14.7. The van der Waals surface area contributed by atoms with Gasteiger partial charge < -0.3 is 10.1 Å². The monoisotopic (exact) mass is 279 g/mol. The Morgan fingerprint density at radius 2 is 1.95 bits per heavy atom. The number of amides is 1. The van der Waals surface area contributed by atoms with E-state index >= 15 is 0 Å². The van der Waals surface area contributed by atoms with Crippen LogP contribution in [0.4, 0.5) is 5.69 Å². The number of carbonyl (C=O) groups is 1. The minimum absolute atomic E-state index is 0.0759. The first-order chi connectivity index (χ1) is 10.2. The maximum atomic E-state index is 11.4. The van der Waals surface area contributed by atoms with Gasteiger partial charge in [-0.15, -0.1) is 0 Å². The number of anilines is 1. The molecule has 1 heterocycles. The second kappa shape index (κ2) is 5.83. The predicted octanol–water partition coefficient (Wildman–Crippen LogP) is 3.97. The Labute approximate surface area is 124 Å². The van der Waals surface area contributed by atoms with Crippen LogP contribution in [-0.2, 0) is 4.79 Å². The number of nitrogens with one attached hydrogen (secondary N) is 1. The van der Waals surface area contributed by atoms with E-state index in [4.69, 9.17) is 4.74 Å². The van der Waals surface area contributed by atoms with Crippen molar-refractivity contribution in [3.05, 3.63) is 59.7 Å². The number of ether oxygens (including phenoxy) is 1. The molecule has 1 N–H and O–H groups in total. The molecule has 0 aliphatic carbocycles. The Balaban J connectivity index is 2.08. The van der Waals surface area contributed by atoms with Crippen LogP contribution in [0, 0.1) is 0 Å². The van der Waals surface area contributed by atoms with E-state index in [-0.39, 0.29) is 5.91 Å². The molecule has 0 bridgehead atoms. The Bertz CT molecular complexity index is 690. The molecule has 21 heavy (non-hydrogen) atoms. The fourth-order valence-corrected chi connectivity index (χ4v) is 2.57. The molecule has 1 aliphatic rings. The van der Waals surface area contributed by atoms with E-state index in [2.05, 4.69) is 23.5 Å². The van der Waals surface area contributed by atoms with Crippen molar-refractivity contribution in [1.29, 1.82) is 0 Å². The van der Waals surface area contributed by atoms with Gasteiger partial charge in [-0.25, -0.2) is 0 Å². The summed E-state index contributed by atoms with van der Waals surface area (Å²) in [5, 5.41) is 2.89. The third-order valence-corrected chi connectivity index (χ3v) is 3.43. The van der Waals surface area contributed by atoms with Gasteiger partial charge in [0.15, 0.2) is 0 Å². The lowest BCUT2D eigenvalue weighted by Crippen LogP contribution is -2.13.